The number of halogens is 2. The van der Waals surface area contributed by atoms with Crippen molar-refractivity contribution in [1.29, 1.82) is 0 Å². The summed E-state index contributed by atoms with van der Waals surface area (Å²) in [5.41, 5.74) is 0.717. The van der Waals surface area contributed by atoms with Crippen molar-refractivity contribution >= 4 is 56.4 Å². The maximum Gasteiger partial charge on any atom is 0.253 e. The number of nitrogens with zero attached hydrogens (tertiary/aromatic N) is 1. The molecular formula is C22H25Cl2N3O4S. The van der Waals surface area contributed by atoms with Crippen molar-refractivity contribution in [2.24, 2.45) is 0 Å². The smallest absolute Gasteiger partial charge is 0.253 e. The molecule has 0 aliphatic heterocycles. The molecule has 0 atom stereocenters. The van der Waals surface area contributed by atoms with Gasteiger partial charge in [-0.15, -0.1) is 0 Å². The Labute approximate surface area is 198 Å². The van der Waals surface area contributed by atoms with E-state index in [0.717, 1.165) is 36.2 Å². The average molecular weight is 498 g/mol. The van der Waals surface area contributed by atoms with Gasteiger partial charge in [-0.05, 0) is 37.1 Å². The zero-order valence-electron chi connectivity index (χ0n) is 17.6. The molecule has 1 aliphatic rings. The molecule has 0 spiro atoms. The molecule has 10 heteroatoms. The first-order valence-corrected chi connectivity index (χ1v) is 12.9. The van der Waals surface area contributed by atoms with Crippen LogP contribution in [0.25, 0.3) is 0 Å². The van der Waals surface area contributed by atoms with E-state index in [2.05, 4.69) is 10.6 Å². The van der Waals surface area contributed by atoms with E-state index in [1.165, 1.54) is 18.6 Å². The number of amides is 2. The molecule has 172 valence electrons. The standard InChI is InChI=1S/C22H25Cl2N3O4S/c1-32(30,31)27(19-13-7-11-17(23)21(19)24)14-20(28)26-18-12-6-5-10-16(18)22(29)25-15-8-3-2-4-9-15/h5-7,10-13,15H,2-4,8-9,14H2,1H3,(H,25,29)(H,26,28). The third-order valence-electron chi connectivity index (χ3n) is 5.27. The van der Waals surface area contributed by atoms with Crippen LogP contribution in [0.5, 0.6) is 0 Å². The van der Waals surface area contributed by atoms with Crippen LogP contribution in [0.4, 0.5) is 11.4 Å². The number of carbonyl (C=O) groups excluding carboxylic acids is 2. The third-order valence-corrected chi connectivity index (χ3v) is 7.21. The lowest BCUT2D eigenvalue weighted by Crippen LogP contribution is -2.38. The highest BCUT2D eigenvalue weighted by molar-refractivity contribution is 7.92. The maximum absolute atomic E-state index is 12.8. The van der Waals surface area contributed by atoms with Crippen molar-refractivity contribution in [3.8, 4) is 0 Å². The first-order chi connectivity index (χ1) is 15.2. The minimum atomic E-state index is -3.84. The van der Waals surface area contributed by atoms with Gasteiger partial charge in [0.15, 0.2) is 0 Å². The van der Waals surface area contributed by atoms with Crippen LogP contribution in [0.15, 0.2) is 42.5 Å². The van der Waals surface area contributed by atoms with E-state index < -0.39 is 22.5 Å². The Morgan fingerprint density at radius 3 is 2.41 bits per heavy atom. The summed E-state index contributed by atoms with van der Waals surface area (Å²) < 4.78 is 25.6. The molecule has 0 aromatic heterocycles. The highest BCUT2D eigenvalue weighted by atomic mass is 35.5. The monoisotopic (exact) mass is 497 g/mol. The number of sulfonamides is 1. The van der Waals surface area contributed by atoms with E-state index in [4.69, 9.17) is 23.2 Å². The fourth-order valence-corrected chi connectivity index (χ4v) is 5.00. The Morgan fingerprint density at radius 2 is 1.72 bits per heavy atom. The van der Waals surface area contributed by atoms with Crippen molar-refractivity contribution in [3.05, 3.63) is 58.1 Å². The Bertz CT molecular complexity index is 1100. The predicted octanol–water partition coefficient (Wildman–Crippen LogP) is 4.46. The number of hydrogen-bond acceptors (Lipinski definition) is 4. The second kappa shape index (κ2) is 10.6. The summed E-state index contributed by atoms with van der Waals surface area (Å²) >= 11 is 12.2. The SMILES string of the molecule is CS(=O)(=O)N(CC(=O)Nc1ccccc1C(=O)NC1CCCCC1)c1cccc(Cl)c1Cl. The Balaban J connectivity index is 1.77. The second-order valence-corrected chi connectivity index (χ2v) is 10.4. The summed E-state index contributed by atoms with van der Waals surface area (Å²) in [4.78, 5) is 25.6. The van der Waals surface area contributed by atoms with Gasteiger partial charge in [-0.2, -0.15) is 0 Å². The van der Waals surface area contributed by atoms with Gasteiger partial charge in [0.1, 0.15) is 6.54 Å². The van der Waals surface area contributed by atoms with E-state index in [1.807, 2.05) is 0 Å². The lowest BCUT2D eigenvalue weighted by Gasteiger charge is -2.24. The van der Waals surface area contributed by atoms with Crippen LogP contribution in [0.1, 0.15) is 42.5 Å². The minimum Gasteiger partial charge on any atom is -0.349 e. The summed E-state index contributed by atoms with van der Waals surface area (Å²) in [6.07, 6.45) is 6.18. The van der Waals surface area contributed by atoms with Gasteiger partial charge in [0, 0.05) is 6.04 Å². The van der Waals surface area contributed by atoms with Gasteiger partial charge in [0.25, 0.3) is 5.91 Å². The minimum absolute atomic E-state index is 0.0275. The van der Waals surface area contributed by atoms with Gasteiger partial charge in [0.2, 0.25) is 15.9 Å². The average Bonchev–Trinajstić information content (AvgIpc) is 2.74. The lowest BCUT2D eigenvalue weighted by atomic mass is 9.95. The zero-order chi connectivity index (χ0) is 23.3. The van der Waals surface area contributed by atoms with E-state index >= 15 is 0 Å². The summed E-state index contributed by atoms with van der Waals surface area (Å²) in [7, 11) is -3.84. The Morgan fingerprint density at radius 1 is 1.03 bits per heavy atom. The third kappa shape index (κ3) is 6.15. The van der Waals surface area contributed by atoms with Gasteiger partial charge >= 0.3 is 0 Å². The molecule has 0 heterocycles. The number of carbonyl (C=O) groups is 2. The van der Waals surface area contributed by atoms with Crippen LogP contribution in [-0.2, 0) is 14.8 Å². The van der Waals surface area contributed by atoms with Gasteiger partial charge in [0.05, 0.1) is 33.2 Å². The number of nitrogens with one attached hydrogen (secondary N) is 2. The van der Waals surface area contributed by atoms with Gasteiger partial charge in [-0.25, -0.2) is 8.42 Å². The molecule has 2 aromatic rings. The van der Waals surface area contributed by atoms with E-state index in [0.29, 0.717) is 11.3 Å². The van der Waals surface area contributed by atoms with Crippen LogP contribution in [0, 0.1) is 0 Å². The first kappa shape index (κ1) is 24.4. The molecule has 0 unspecified atom stereocenters. The zero-order valence-corrected chi connectivity index (χ0v) is 19.9. The molecule has 2 amide bonds. The van der Waals surface area contributed by atoms with Crippen molar-refractivity contribution in [2.75, 3.05) is 22.4 Å². The number of para-hydroxylation sites is 1. The molecule has 0 saturated heterocycles. The molecule has 2 N–H and O–H groups in total. The molecule has 1 fully saturated rings. The van der Waals surface area contributed by atoms with Crippen molar-refractivity contribution in [2.45, 2.75) is 38.1 Å². The number of hydrogen-bond donors (Lipinski definition) is 2. The first-order valence-electron chi connectivity index (χ1n) is 10.3. The largest absolute Gasteiger partial charge is 0.349 e. The second-order valence-electron chi connectivity index (χ2n) is 7.74. The molecule has 0 bridgehead atoms. The quantitative estimate of drug-likeness (QED) is 0.589. The lowest BCUT2D eigenvalue weighted by molar-refractivity contribution is -0.114. The van der Waals surface area contributed by atoms with Gasteiger partial charge < -0.3 is 10.6 Å². The van der Waals surface area contributed by atoms with Crippen LogP contribution >= 0.6 is 23.2 Å². The van der Waals surface area contributed by atoms with Crippen LogP contribution in [0.2, 0.25) is 10.0 Å². The van der Waals surface area contributed by atoms with E-state index in [-0.39, 0.29) is 27.7 Å². The van der Waals surface area contributed by atoms with E-state index in [1.54, 1.807) is 30.3 Å². The number of benzene rings is 2. The highest BCUT2D eigenvalue weighted by Crippen LogP contribution is 2.33. The van der Waals surface area contributed by atoms with Gasteiger partial charge in [-0.3, -0.25) is 13.9 Å². The highest BCUT2D eigenvalue weighted by Gasteiger charge is 2.25. The Kier molecular flexibility index (Phi) is 8.03. The maximum atomic E-state index is 12.8. The molecular weight excluding hydrogens is 473 g/mol. The van der Waals surface area contributed by atoms with E-state index in [9.17, 15) is 18.0 Å². The number of rotatable bonds is 7. The molecule has 0 radical (unpaired) electrons. The van der Waals surface area contributed by atoms with Crippen LogP contribution < -0.4 is 14.9 Å². The molecule has 32 heavy (non-hydrogen) atoms. The van der Waals surface area contributed by atoms with Crippen molar-refractivity contribution in [1.82, 2.24) is 5.32 Å². The molecule has 1 aliphatic carbocycles. The summed E-state index contributed by atoms with van der Waals surface area (Å²) in [6.45, 7) is -0.530. The molecule has 2 aromatic carbocycles. The molecule has 3 rings (SSSR count). The predicted molar refractivity (Wildman–Crippen MR) is 128 cm³/mol. The van der Waals surface area contributed by atoms with Crippen LogP contribution in [-0.4, -0.2) is 39.1 Å². The Hall–Kier alpha value is -2.29. The fraction of sp³-hybridized carbons (Fsp3) is 0.364. The summed E-state index contributed by atoms with van der Waals surface area (Å²) in [5.74, 6) is -0.893. The molecule has 7 nitrogen and oxygen atoms in total. The number of anilines is 2. The topological polar surface area (TPSA) is 95.6 Å². The van der Waals surface area contributed by atoms with Crippen LogP contribution in [0.3, 0.4) is 0 Å². The normalized spacial score (nSPS) is 14.6. The van der Waals surface area contributed by atoms with Crippen molar-refractivity contribution in [3.63, 3.8) is 0 Å². The van der Waals surface area contributed by atoms with Crippen molar-refractivity contribution < 1.29 is 18.0 Å². The summed E-state index contributed by atoms with van der Waals surface area (Å²) in [5, 5.41) is 5.87. The summed E-state index contributed by atoms with van der Waals surface area (Å²) in [6, 6.07) is 11.3. The molecule has 1 saturated carbocycles. The fourth-order valence-electron chi connectivity index (χ4n) is 3.69. The van der Waals surface area contributed by atoms with Gasteiger partial charge in [-0.1, -0.05) is 60.7 Å².